The molecule has 2 aromatic carbocycles. The molecule has 3 heteroatoms. The number of hydrogen-bond acceptors (Lipinski definition) is 3. The Hall–Kier alpha value is -1.84. The second-order valence-electron chi connectivity index (χ2n) is 4.84. The Labute approximate surface area is 119 Å². The van der Waals surface area contributed by atoms with Gasteiger partial charge in [0.15, 0.2) is 0 Å². The summed E-state index contributed by atoms with van der Waals surface area (Å²) in [5, 5.41) is 22.3. The van der Waals surface area contributed by atoms with Gasteiger partial charge in [0, 0.05) is 24.8 Å². The Kier molecular flexibility index (Phi) is 5.59. The molecule has 2 rings (SSSR count). The molecule has 1 atom stereocenters. The minimum Gasteiger partial charge on any atom is -0.508 e. The molecule has 0 amide bonds. The molecule has 2 aromatic rings. The molecule has 106 valence electrons. The van der Waals surface area contributed by atoms with E-state index in [-0.39, 0.29) is 12.6 Å². The first-order valence-electron chi connectivity index (χ1n) is 6.97. The third-order valence-electron chi connectivity index (χ3n) is 3.38. The minimum absolute atomic E-state index is 0.183. The van der Waals surface area contributed by atoms with Crippen LogP contribution in [0.25, 0.3) is 0 Å². The average molecular weight is 271 g/mol. The number of hydrogen-bond donors (Lipinski definition) is 3. The molecule has 0 aromatic heterocycles. The van der Waals surface area contributed by atoms with E-state index in [1.54, 1.807) is 6.07 Å². The van der Waals surface area contributed by atoms with Crippen molar-refractivity contribution in [2.75, 3.05) is 6.61 Å². The van der Waals surface area contributed by atoms with E-state index in [0.29, 0.717) is 12.3 Å². The van der Waals surface area contributed by atoms with Gasteiger partial charge >= 0.3 is 0 Å². The highest BCUT2D eigenvalue weighted by atomic mass is 16.3. The number of phenolic OH excluding ortho intramolecular Hbond substituents is 1. The molecule has 3 N–H and O–H groups in total. The maximum Gasteiger partial charge on any atom is 0.120 e. The summed E-state index contributed by atoms with van der Waals surface area (Å²) in [5.74, 6) is 0.314. The highest BCUT2D eigenvalue weighted by molar-refractivity contribution is 5.31. The molecule has 0 bridgehead atoms. The second kappa shape index (κ2) is 7.68. The lowest BCUT2D eigenvalue weighted by Crippen LogP contribution is -2.21. The SMILES string of the molecule is OCCCC(NCc1ccccc1O)c1ccccc1. The summed E-state index contributed by atoms with van der Waals surface area (Å²) >= 11 is 0. The van der Waals surface area contributed by atoms with Gasteiger partial charge in [-0.05, 0) is 24.5 Å². The maximum atomic E-state index is 9.79. The van der Waals surface area contributed by atoms with Crippen LogP contribution in [0.4, 0.5) is 0 Å². The summed E-state index contributed by atoms with van der Waals surface area (Å²) in [6.07, 6.45) is 1.63. The van der Waals surface area contributed by atoms with E-state index in [2.05, 4.69) is 17.4 Å². The van der Waals surface area contributed by atoms with Crippen molar-refractivity contribution in [3.05, 3.63) is 65.7 Å². The minimum atomic E-state index is 0.183. The van der Waals surface area contributed by atoms with Crippen LogP contribution < -0.4 is 5.32 Å². The first-order valence-corrected chi connectivity index (χ1v) is 6.97. The fraction of sp³-hybridized carbons (Fsp3) is 0.294. The van der Waals surface area contributed by atoms with Crippen molar-refractivity contribution in [1.82, 2.24) is 5.32 Å². The molecule has 0 aliphatic rings. The van der Waals surface area contributed by atoms with Crippen LogP contribution >= 0.6 is 0 Å². The summed E-state index contributed by atoms with van der Waals surface area (Å²) in [4.78, 5) is 0. The third kappa shape index (κ3) is 4.08. The van der Waals surface area contributed by atoms with Crippen LogP contribution in [0.2, 0.25) is 0 Å². The first kappa shape index (κ1) is 14.6. The summed E-state index contributed by atoms with van der Waals surface area (Å²) < 4.78 is 0. The monoisotopic (exact) mass is 271 g/mol. The van der Waals surface area contributed by atoms with Gasteiger partial charge in [0.25, 0.3) is 0 Å². The molecule has 0 radical (unpaired) electrons. The number of aliphatic hydroxyl groups is 1. The molecule has 0 saturated heterocycles. The van der Waals surface area contributed by atoms with Gasteiger partial charge in [-0.3, -0.25) is 0 Å². The molecule has 1 unspecified atom stereocenters. The number of benzene rings is 2. The largest absolute Gasteiger partial charge is 0.508 e. The fourth-order valence-corrected chi connectivity index (χ4v) is 2.26. The van der Waals surface area contributed by atoms with Gasteiger partial charge in [-0.15, -0.1) is 0 Å². The molecule has 0 saturated carbocycles. The molecule has 20 heavy (non-hydrogen) atoms. The molecule has 3 nitrogen and oxygen atoms in total. The third-order valence-corrected chi connectivity index (χ3v) is 3.38. The quantitative estimate of drug-likeness (QED) is 0.725. The standard InChI is InChI=1S/C17H21NO2/c19-12-6-10-16(14-7-2-1-3-8-14)18-13-15-9-4-5-11-17(15)20/h1-5,7-9,11,16,18-20H,6,10,12-13H2. The van der Waals surface area contributed by atoms with E-state index >= 15 is 0 Å². The van der Waals surface area contributed by atoms with Crippen LogP contribution in [0, 0.1) is 0 Å². The predicted octanol–water partition coefficient (Wildman–Crippen LogP) is 3.00. The van der Waals surface area contributed by atoms with Crippen LogP contribution in [-0.4, -0.2) is 16.8 Å². The Morgan fingerprint density at radius 3 is 2.35 bits per heavy atom. The number of phenols is 1. The lowest BCUT2D eigenvalue weighted by Gasteiger charge is -2.19. The molecule has 0 spiro atoms. The normalized spacial score (nSPS) is 12.2. The van der Waals surface area contributed by atoms with E-state index in [1.165, 1.54) is 5.56 Å². The molecule has 0 aliphatic heterocycles. The Balaban J connectivity index is 2.03. The van der Waals surface area contributed by atoms with Gasteiger partial charge in [0.05, 0.1) is 0 Å². The van der Waals surface area contributed by atoms with Crippen LogP contribution in [0.5, 0.6) is 5.75 Å². The lowest BCUT2D eigenvalue weighted by atomic mass is 10.0. The summed E-state index contributed by atoms with van der Waals surface area (Å²) in [7, 11) is 0. The van der Waals surface area contributed by atoms with E-state index < -0.39 is 0 Å². The molecular weight excluding hydrogens is 250 g/mol. The number of nitrogens with one attached hydrogen (secondary N) is 1. The number of aromatic hydroxyl groups is 1. The highest BCUT2D eigenvalue weighted by Gasteiger charge is 2.11. The smallest absolute Gasteiger partial charge is 0.120 e. The summed E-state index contributed by atoms with van der Waals surface area (Å²) in [6.45, 7) is 0.805. The van der Waals surface area contributed by atoms with E-state index in [1.807, 2.05) is 36.4 Å². The van der Waals surface area contributed by atoms with Crippen molar-refractivity contribution in [1.29, 1.82) is 0 Å². The summed E-state index contributed by atoms with van der Waals surface area (Å²) in [6, 6.07) is 17.7. The van der Waals surface area contributed by atoms with E-state index in [4.69, 9.17) is 5.11 Å². The zero-order valence-corrected chi connectivity index (χ0v) is 11.5. The van der Waals surface area contributed by atoms with Crippen LogP contribution in [-0.2, 0) is 6.54 Å². The highest BCUT2D eigenvalue weighted by Crippen LogP contribution is 2.21. The Bertz CT molecular complexity index is 513. The van der Waals surface area contributed by atoms with Crippen molar-refractivity contribution in [2.45, 2.75) is 25.4 Å². The van der Waals surface area contributed by atoms with E-state index in [0.717, 1.165) is 18.4 Å². The Morgan fingerprint density at radius 1 is 0.950 bits per heavy atom. The molecular formula is C17H21NO2. The summed E-state index contributed by atoms with van der Waals surface area (Å²) in [5.41, 5.74) is 2.09. The number of rotatable bonds is 7. The van der Waals surface area contributed by atoms with Crippen LogP contribution in [0.15, 0.2) is 54.6 Å². The predicted molar refractivity (Wildman–Crippen MR) is 80.4 cm³/mol. The maximum absolute atomic E-state index is 9.79. The topological polar surface area (TPSA) is 52.5 Å². The molecule has 0 heterocycles. The van der Waals surface area contributed by atoms with Crippen LogP contribution in [0.3, 0.4) is 0 Å². The molecule has 0 aliphatic carbocycles. The van der Waals surface area contributed by atoms with Crippen molar-refractivity contribution < 1.29 is 10.2 Å². The van der Waals surface area contributed by atoms with Crippen molar-refractivity contribution in [2.24, 2.45) is 0 Å². The van der Waals surface area contributed by atoms with Crippen molar-refractivity contribution in [3.8, 4) is 5.75 Å². The van der Waals surface area contributed by atoms with E-state index in [9.17, 15) is 5.11 Å². The van der Waals surface area contributed by atoms with Crippen molar-refractivity contribution >= 4 is 0 Å². The van der Waals surface area contributed by atoms with Gasteiger partial charge in [0.1, 0.15) is 5.75 Å². The average Bonchev–Trinajstić information content (AvgIpc) is 2.50. The zero-order valence-electron chi connectivity index (χ0n) is 11.5. The lowest BCUT2D eigenvalue weighted by molar-refractivity contribution is 0.274. The zero-order chi connectivity index (χ0) is 14.2. The van der Waals surface area contributed by atoms with Gasteiger partial charge in [-0.1, -0.05) is 48.5 Å². The number of para-hydroxylation sites is 1. The fourth-order valence-electron chi connectivity index (χ4n) is 2.26. The van der Waals surface area contributed by atoms with Gasteiger partial charge in [-0.25, -0.2) is 0 Å². The number of aliphatic hydroxyl groups excluding tert-OH is 1. The Morgan fingerprint density at radius 2 is 1.65 bits per heavy atom. The van der Waals surface area contributed by atoms with Gasteiger partial charge < -0.3 is 15.5 Å². The molecule has 0 fully saturated rings. The van der Waals surface area contributed by atoms with Gasteiger partial charge in [-0.2, -0.15) is 0 Å². The van der Waals surface area contributed by atoms with Crippen LogP contribution in [0.1, 0.15) is 30.0 Å². The van der Waals surface area contributed by atoms with Crippen molar-refractivity contribution in [3.63, 3.8) is 0 Å². The first-order chi connectivity index (χ1) is 9.81. The van der Waals surface area contributed by atoms with Gasteiger partial charge in [0.2, 0.25) is 0 Å². The second-order valence-corrected chi connectivity index (χ2v) is 4.84.